The second kappa shape index (κ2) is 8.40. The number of likely N-dealkylation sites (tertiary alicyclic amines) is 1. The van der Waals surface area contributed by atoms with Gasteiger partial charge in [0.25, 0.3) is 0 Å². The first-order chi connectivity index (χ1) is 14.3. The Bertz CT molecular complexity index is 1010. The van der Waals surface area contributed by atoms with Crippen LogP contribution >= 0.6 is 11.3 Å². The molecular weight excluding hydrogens is 396 g/mol. The number of amides is 1. The molecule has 7 heteroatoms. The number of hydrogen-bond acceptors (Lipinski definition) is 5. The van der Waals surface area contributed by atoms with Gasteiger partial charge in [-0.05, 0) is 70.8 Å². The molecule has 30 heavy (non-hydrogen) atoms. The van der Waals surface area contributed by atoms with E-state index in [1.807, 2.05) is 32.3 Å². The second-order valence-electron chi connectivity index (χ2n) is 9.08. The molecule has 4 rings (SSSR count). The topological polar surface area (TPSA) is 70.2 Å². The van der Waals surface area contributed by atoms with Gasteiger partial charge in [-0.25, -0.2) is 9.78 Å². The van der Waals surface area contributed by atoms with E-state index in [0.717, 1.165) is 43.7 Å². The third-order valence-corrected chi connectivity index (χ3v) is 6.22. The van der Waals surface area contributed by atoms with Crippen LogP contribution in [0, 0.1) is 6.92 Å². The molecule has 2 N–H and O–H groups in total. The summed E-state index contributed by atoms with van der Waals surface area (Å²) in [6, 6.07) is 3.99. The second-order valence-corrected chi connectivity index (χ2v) is 9.80. The largest absolute Gasteiger partial charge is 0.444 e. The molecule has 1 amide bonds. The van der Waals surface area contributed by atoms with E-state index >= 15 is 0 Å². The number of hydrogen-bond donors (Lipinski definition) is 2. The normalized spacial score (nSPS) is 16.1. The van der Waals surface area contributed by atoms with E-state index < -0.39 is 11.7 Å². The average Bonchev–Trinajstić information content (AvgIpc) is 3.34. The summed E-state index contributed by atoms with van der Waals surface area (Å²) < 4.78 is 5.41. The van der Waals surface area contributed by atoms with Gasteiger partial charge in [0.2, 0.25) is 0 Å². The zero-order valence-electron chi connectivity index (χ0n) is 18.1. The highest BCUT2D eigenvalue weighted by Gasteiger charge is 2.23. The number of carbonyl (C=O) groups is 1. The van der Waals surface area contributed by atoms with Crippen molar-refractivity contribution < 1.29 is 9.53 Å². The van der Waals surface area contributed by atoms with Crippen LogP contribution in [0.25, 0.3) is 10.9 Å². The Morgan fingerprint density at radius 1 is 1.33 bits per heavy atom. The van der Waals surface area contributed by atoms with Crippen molar-refractivity contribution in [3.8, 4) is 0 Å². The highest BCUT2D eigenvalue weighted by atomic mass is 32.1. The zero-order chi connectivity index (χ0) is 21.3. The molecule has 1 aromatic carbocycles. The van der Waals surface area contributed by atoms with Crippen molar-refractivity contribution in [2.24, 2.45) is 0 Å². The Labute approximate surface area is 181 Å². The fourth-order valence-corrected chi connectivity index (χ4v) is 4.83. The molecule has 1 aliphatic rings. The maximum Gasteiger partial charge on any atom is 0.412 e. The van der Waals surface area contributed by atoms with E-state index in [1.54, 1.807) is 11.3 Å². The van der Waals surface area contributed by atoms with E-state index in [1.165, 1.54) is 22.2 Å². The molecule has 3 aromatic rings. The number of anilines is 1. The number of aryl methyl sites for hydroxylation is 1. The Morgan fingerprint density at radius 2 is 2.10 bits per heavy atom. The first-order valence-electron chi connectivity index (χ1n) is 10.5. The van der Waals surface area contributed by atoms with Gasteiger partial charge in [0.15, 0.2) is 0 Å². The van der Waals surface area contributed by atoms with Crippen molar-refractivity contribution in [1.29, 1.82) is 0 Å². The predicted molar refractivity (Wildman–Crippen MR) is 122 cm³/mol. The van der Waals surface area contributed by atoms with Gasteiger partial charge in [0.05, 0.1) is 22.4 Å². The summed E-state index contributed by atoms with van der Waals surface area (Å²) in [5, 5.41) is 6.26. The summed E-state index contributed by atoms with van der Waals surface area (Å²) in [5.41, 5.74) is 6.82. The summed E-state index contributed by atoms with van der Waals surface area (Å²) in [7, 11) is 0. The summed E-state index contributed by atoms with van der Waals surface area (Å²) in [4.78, 5) is 22.6. The van der Waals surface area contributed by atoms with Crippen LogP contribution in [0.5, 0.6) is 0 Å². The lowest BCUT2D eigenvalue weighted by Gasteiger charge is -2.31. The van der Waals surface area contributed by atoms with Crippen molar-refractivity contribution in [2.75, 3.05) is 18.4 Å². The first-order valence-corrected chi connectivity index (χ1v) is 11.4. The van der Waals surface area contributed by atoms with Crippen LogP contribution in [0.3, 0.4) is 0 Å². The monoisotopic (exact) mass is 426 g/mol. The lowest BCUT2D eigenvalue weighted by molar-refractivity contribution is 0.0636. The van der Waals surface area contributed by atoms with Gasteiger partial charge in [0, 0.05) is 29.4 Å². The van der Waals surface area contributed by atoms with E-state index in [0.29, 0.717) is 5.92 Å². The summed E-state index contributed by atoms with van der Waals surface area (Å²) in [6.07, 6.45) is 3.94. The lowest BCUT2D eigenvalue weighted by Crippen LogP contribution is -2.32. The maximum atomic E-state index is 12.2. The fraction of sp³-hybridized carbons (Fsp3) is 0.478. The van der Waals surface area contributed by atoms with Gasteiger partial charge in [-0.15, -0.1) is 11.3 Å². The van der Waals surface area contributed by atoms with Crippen molar-refractivity contribution >= 4 is 34.0 Å². The van der Waals surface area contributed by atoms with E-state index in [2.05, 4.69) is 44.8 Å². The van der Waals surface area contributed by atoms with E-state index in [-0.39, 0.29) is 0 Å². The Hall–Kier alpha value is -2.38. The van der Waals surface area contributed by atoms with Crippen LogP contribution in [0.15, 0.2) is 29.2 Å². The quantitative estimate of drug-likeness (QED) is 0.565. The molecule has 0 spiro atoms. The number of aromatic amines is 1. The fourth-order valence-electron chi connectivity index (χ4n) is 4.20. The van der Waals surface area contributed by atoms with Crippen LogP contribution in [0.2, 0.25) is 0 Å². The van der Waals surface area contributed by atoms with E-state index in [9.17, 15) is 4.79 Å². The average molecular weight is 427 g/mol. The first kappa shape index (κ1) is 20.9. The molecule has 2 aromatic heterocycles. The Morgan fingerprint density at radius 3 is 2.77 bits per heavy atom. The Balaban J connectivity index is 1.47. The number of carbonyl (C=O) groups excluding carboxylic acids is 1. The number of aromatic nitrogens is 2. The van der Waals surface area contributed by atoms with Crippen LogP contribution < -0.4 is 5.32 Å². The smallest absolute Gasteiger partial charge is 0.412 e. The molecule has 0 aliphatic carbocycles. The van der Waals surface area contributed by atoms with Crippen molar-refractivity contribution in [1.82, 2.24) is 14.9 Å². The number of thiazole rings is 1. The molecular formula is C23H30N4O2S. The highest BCUT2D eigenvalue weighted by Crippen LogP contribution is 2.32. The van der Waals surface area contributed by atoms with Gasteiger partial charge in [-0.1, -0.05) is 6.07 Å². The van der Waals surface area contributed by atoms with E-state index in [4.69, 9.17) is 4.74 Å². The standard InChI is InChI=1S/C23H30N4O2S/c1-15-5-6-18(26-22(28)29-23(2,3)4)21-20(15)17(11-24-21)12-27-9-7-16(8-10-27)19-13-30-14-25-19/h5-6,11,13-14,16,24H,7-10,12H2,1-4H3,(H,26,28). The zero-order valence-corrected chi connectivity index (χ0v) is 18.9. The third-order valence-electron chi connectivity index (χ3n) is 5.61. The number of fused-ring (bicyclic) bond motifs is 1. The third kappa shape index (κ3) is 4.68. The minimum Gasteiger partial charge on any atom is -0.444 e. The Kier molecular flexibility index (Phi) is 5.84. The van der Waals surface area contributed by atoms with Crippen LogP contribution in [-0.4, -0.2) is 39.7 Å². The van der Waals surface area contributed by atoms with Crippen LogP contribution in [0.1, 0.15) is 56.4 Å². The number of ether oxygens (including phenoxy) is 1. The number of nitrogens with zero attached hydrogens (tertiary/aromatic N) is 2. The molecule has 1 aliphatic heterocycles. The van der Waals surface area contributed by atoms with Crippen molar-refractivity contribution in [3.63, 3.8) is 0 Å². The molecule has 1 fully saturated rings. The molecule has 3 heterocycles. The minimum absolute atomic E-state index is 0.437. The SMILES string of the molecule is Cc1ccc(NC(=O)OC(C)(C)C)c2[nH]cc(CN3CCC(c4cscn4)CC3)c12. The number of piperidine rings is 1. The van der Waals surface area contributed by atoms with Gasteiger partial charge >= 0.3 is 6.09 Å². The molecule has 0 radical (unpaired) electrons. The van der Waals surface area contributed by atoms with Crippen LogP contribution in [0.4, 0.5) is 10.5 Å². The number of nitrogens with one attached hydrogen (secondary N) is 2. The molecule has 0 atom stereocenters. The molecule has 0 bridgehead atoms. The predicted octanol–water partition coefficient (Wildman–Crippen LogP) is 5.66. The van der Waals surface area contributed by atoms with Gasteiger partial charge in [0.1, 0.15) is 5.60 Å². The summed E-state index contributed by atoms with van der Waals surface area (Å²) in [5.74, 6) is 0.585. The summed E-state index contributed by atoms with van der Waals surface area (Å²) in [6.45, 7) is 10.8. The molecule has 0 unspecified atom stereocenters. The highest BCUT2D eigenvalue weighted by molar-refractivity contribution is 7.07. The lowest BCUT2D eigenvalue weighted by atomic mass is 9.94. The molecule has 0 saturated carbocycles. The van der Waals surface area contributed by atoms with Crippen molar-refractivity contribution in [2.45, 2.75) is 58.6 Å². The van der Waals surface area contributed by atoms with Crippen LogP contribution in [-0.2, 0) is 11.3 Å². The summed E-state index contributed by atoms with van der Waals surface area (Å²) >= 11 is 1.68. The minimum atomic E-state index is -0.528. The van der Waals surface area contributed by atoms with Crippen molar-refractivity contribution in [3.05, 3.63) is 46.0 Å². The maximum absolute atomic E-state index is 12.2. The molecule has 160 valence electrons. The van der Waals surface area contributed by atoms with Gasteiger partial charge in [-0.3, -0.25) is 10.2 Å². The number of benzene rings is 1. The van der Waals surface area contributed by atoms with Gasteiger partial charge in [-0.2, -0.15) is 0 Å². The number of rotatable bonds is 4. The number of H-pyrrole nitrogens is 1. The molecule has 6 nitrogen and oxygen atoms in total. The molecule has 1 saturated heterocycles. The van der Waals surface area contributed by atoms with Gasteiger partial charge < -0.3 is 9.72 Å².